The third-order valence-corrected chi connectivity index (χ3v) is 5.71. The van der Waals surface area contributed by atoms with Crippen molar-refractivity contribution in [3.8, 4) is 6.07 Å². The van der Waals surface area contributed by atoms with Gasteiger partial charge in [0.15, 0.2) is 0 Å². The highest BCUT2D eigenvalue weighted by Gasteiger charge is 2.38. The SMILES string of the molecule is CC[C@@H]1CN(c2cc(=O)n(C)c3cc(CC#N)nn23)[C@@H](CC)CN1C(=O)OC(C)(C)C. The normalized spacial score (nSPS) is 19.5. The molecule has 9 heteroatoms. The van der Waals surface area contributed by atoms with E-state index in [0.29, 0.717) is 30.2 Å². The van der Waals surface area contributed by atoms with Gasteiger partial charge in [0.2, 0.25) is 0 Å². The van der Waals surface area contributed by atoms with E-state index in [-0.39, 0.29) is 30.2 Å². The molecule has 0 spiro atoms. The average molecular weight is 429 g/mol. The molecule has 1 aliphatic rings. The zero-order valence-corrected chi connectivity index (χ0v) is 19.3. The first-order valence-corrected chi connectivity index (χ1v) is 10.8. The molecule has 0 saturated carbocycles. The number of fused-ring (bicyclic) bond motifs is 1. The van der Waals surface area contributed by atoms with Crippen molar-refractivity contribution in [3.05, 3.63) is 28.2 Å². The Bertz CT molecular complexity index is 1060. The smallest absolute Gasteiger partial charge is 0.410 e. The van der Waals surface area contributed by atoms with Crippen molar-refractivity contribution in [2.75, 3.05) is 18.0 Å². The van der Waals surface area contributed by atoms with E-state index >= 15 is 0 Å². The van der Waals surface area contributed by atoms with Crippen LogP contribution in [0, 0.1) is 11.3 Å². The number of anilines is 1. The lowest BCUT2D eigenvalue weighted by atomic mass is 10.0. The van der Waals surface area contributed by atoms with Crippen LogP contribution in [0.1, 0.15) is 53.2 Å². The van der Waals surface area contributed by atoms with Gasteiger partial charge in [-0.3, -0.25) is 9.36 Å². The fourth-order valence-corrected chi connectivity index (χ4v) is 4.05. The fourth-order valence-electron chi connectivity index (χ4n) is 4.05. The van der Waals surface area contributed by atoms with E-state index in [1.165, 1.54) is 4.57 Å². The molecule has 31 heavy (non-hydrogen) atoms. The summed E-state index contributed by atoms with van der Waals surface area (Å²) in [5.74, 6) is 0.691. The number of hydrogen-bond donors (Lipinski definition) is 0. The van der Waals surface area contributed by atoms with Gasteiger partial charge in [-0.15, -0.1) is 0 Å². The lowest BCUT2D eigenvalue weighted by Crippen LogP contribution is -2.60. The fraction of sp³-hybridized carbons (Fsp3) is 0.636. The van der Waals surface area contributed by atoms with Crippen LogP contribution in [0.25, 0.3) is 5.65 Å². The molecule has 3 heterocycles. The van der Waals surface area contributed by atoms with Gasteiger partial charge in [-0.05, 0) is 33.6 Å². The number of nitrogens with zero attached hydrogens (tertiary/aromatic N) is 6. The van der Waals surface area contributed by atoms with Gasteiger partial charge in [0.25, 0.3) is 5.56 Å². The van der Waals surface area contributed by atoms with Crippen molar-refractivity contribution in [1.82, 2.24) is 19.1 Å². The number of rotatable bonds is 4. The van der Waals surface area contributed by atoms with Crippen LogP contribution in [0.2, 0.25) is 0 Å². The molecule has 2 atom stereocenters. The number of hydrogen-bond acceptors (Lipinski definition) is 6. The molecule has 0 aliphatic carbocycles. The highest BCUT2D eigenvalue weighted by Crippen LogP contribution is 2.27. The molecule has 1 amide bonds. The van der Waals surface area contributed by atoms with Crippen molar-refractivity contribution in [3.63, 3.8) is 0 Å². The molecule has 0 radical (unpaired) electrons. The highest BCUT2D eigenvalue weighted by molar-refractivity contribution is 5.69. The minimum Gasteiger partial charge on any atom is -0.444 e. The highest BCUT2D eigenvalue weighted by atomic mass is 16.6. The standard InChI is InChI=1S/C22H32N6O3/c1-7-16-14-27(21(30)31-22(3,4)5)17(8-2)13-26(16)19-12-20(29)25(6)18-11-15(9-10-23)24-28(18)19/h11-12,16-17H,7-9,13-14H2,1-6H3/t16-,17+/m0/s1. The Balaban J connectivity index is 2.02. The van der Waals surface area contributed by atoms with E-state index in [0.717, 1.165) is 12.8 Å². The van der Waals surface area contributed by atoms with Crippen molar-refractivity contribution in [1.29, 1.82) is 5.26 Å². The second-order valence-electron chi connectivity index (χ2n) is 9.05. The second kappa shape index (κ2) is 8.61. The molecule has 3 rings (SSSR count). The van der Waals surface area contributed by atoms with Crippen LogP contribution >= 0.6 is 0 Å². The van der Waals surface area contributed by atoms with Crippen LogP contribution in [0.3, 0.4) is 0 Å². The van der Waals surface area contributed by atoms with Gasteiger partial charge in [0.1, 0.15) is 17.1 Å². The maximum Gasteiger partial charge on any atom is 0.410 e. The number of aromatic nitrogens is 3. The monoisotopic (exact) mass is 428 g/mol. The first kappa shape index (κ1) is 22.7. The quantitative estimate of drug-likeness (QED) is 0.743. The third kappa shape index (κ3) is 4.53. The molecular formula is C22H32N6O3. The van der Waals surface area contributed by atoms with Crippen molar-refractivity contribution < 1.29 is 9.53 Å². The van der Waals surface area contributed by atoms with Gasteiger partial charge >= 0.3 is 6.09 Å². The number of piperazine rings is 1. The number of ether oxygens (including phenoxy) is 1. The molecule has 0 unspecified atom stereocenters. The van der Waals surface area contributed by atoms with Crippen LogP contribution in [0.4, 0.5) is 10.6 Å². The first-order valence-electron chi connectivity index (χ1n) is 10.8. The Kier molecular flexibility index (Phi) is 6.30. The lowest BCUT2D eigenvalue weighted by molar-refractivity contribution is 0.00978. The maximum absolute atomic E-state index is 12.9. The van der Waals surface area contributed by atoms with Crippen LogP contribution < -0.4 is 10.5 Å². The molecule has 0 N–H and O–H groups in total. The summed E-state index contributed by atoms with van der Waals surface area (Å²) < 4.78 is 8.92. The Morgan fingerprint density at radius 2 is 1.90 bits per heavy atom. The number of carbonyl (C=O) groups is 1. The summed E-state index contributed by atoms with van der Waals surface area (Å²) in [6, 6.07) is 5.45. The summed E-state index contributed by atoms with van der Waals surface area (Å²) in [6.45, 7) is 10.8. The van der Waals surface area contributed by atoms with Crippen molar-refractivity contribution >= 4 is 17.6 Å². The zero-order valence-electron chi connectivity index (χ0n) is 19.3. The van der Waals surface area contributed by atoms with E-state index in [1.807, 2.05) is 32.6 Å². The van der Waals surface area contributed by atoms with Crippen LogP contribution in [0.15, 0.2) is 16.9 Å². The van der Waals surface area contributed by atoms with E-state index in [4.69, 9.17) is 10.00 Å². The summed E-state index contributed by atoms with van der Waals surface area (Å²) in [5, 5.41) is 13.7. The molecule has 168 valence electrons. The molecular weight excluding hydrogens is 396 g/mol. The second-order valence-corrected chi connectivity index (χ2v) is 9.05. The summed E-state index contributed by atoms with van der Waals surface area (Å²) >= 11 is 0. The first-order chi connectivity index (χ1) is 14.6. The van der Waals surface area contributed by atoms with Crippen LogP contribution in [0.5, 0.6) is 0 Å². The molecule has 9 nitrogen and oxygen atoms in total. The minimum absolute atomic E-state index is 0.00856. The molecule has 0 bridgehead atoms. The van der Waals surface area contributed by atoms with Gasteiger partial charge in [-0.25, -0.2) is 9.31 Å². The molecule has 1 fully saturated rings. The topological polar surface area (TPSA) is 95.9 Å². The van der Waals surface area contributed by atoms with E-state index < -0.39 is 5.60 Å². The molecule has 2 aromatic rings. The van der Waals surface area contributed by atoms with Crippen molar-refractivity contribution in [2.45, 2.75) is 71.6 Å². The summed E-state index contributed by atoms with van der Waals surface area (Å²) in [6.07, 6.45) is 1.43. The Hall–Kier alpha value is -3.02. The van der Waals surface area contributed by atoms with Crippen LogP contribution in [-0.4, -0.2) is 55.9 Å². The largest absolute Gasteiger partial charge is 0.444 e. The Labute approximate surface area is 182 Å². The van der Waals surface area contributed by atoms with Gasteiger partial charge in [0, 0.05) is 38.3 Å². The zero-order chi connectivity index (χ0) is 22.9. The van der Waals surface area contributed by atoms with Gasteiger partial charge in [-0.1, -0.05) is 13.8 Å². The van der Waals surface area contributed by atoms with E-state index in [9.17, 15) is 9.59 Å². The molecule has 0 aromatic carbocycles. The number of amides is 1. The number of carbonyl (C=O) groups excluding carboxylic acids is 1. The van der Waals surface area contributed by atoms with E-state index in [1.54, 1.807) is 23.7 Å². The van der Waals surface area contributed by atoms with Gasteiger partial charge in [0.05, 0.1) is 24.2 Å². The van der Waals surface area contributed by atoms with Gasteiger partial charge < -0.3 is 14.5 Å². The molecule has 1 aliphatic heterocycles. The minimum atomic E-state index is -0.557. The molecule has 1 saturated heterocycles. The van der Waals surface area contributed by atoms with Gasteiger partial charge in [-0.2, -0.15) is 10.4 Å². The Morgan fingerprint density at radius 1 is 1.23 bits per heavy atom. The summed E-state index contributed by atoms with van der Waals surface area (Å²) in [4.78, 5) is 29.5. The number of aryl methyl sites for hydroxylation is 1. The summed E-state index contributed by atoms with van der Waals surface area (Å²) in [5.41, 5.74) is 0.573. The van der Waals surface area contributed by atoms with Crippen molar-refractivity contribution in [2.24, 2.45) is 7.05 Å². The maximum atomic E-state index is 12.9. The predicted octanol–water partition coefficient (Wildman–Crippen LogP) is 2.71. The van der Waals surface area contributed by atoms with Crippen LogP contribution in [-0.2, 0) is 18.2 Å². The lowest BCUT2D eigenvalue weighted by Gasteiger charge is -2.47. The van der Waals surface area contributed by atoms with E-state index in [2.05, 4.69) is 23.0 Å². The third-order valence-electron chi connectivity index (χ3n) is 5.71. The average Bonchev–Trinajstić information content (AvgIpc) is 3.12. The number of nitriles is 1. The predicted molar refractivity (Wildman–Crippen MR) is 118 cm³/mol. The molecule has 2 aromatic heterocycles. The summed E-state index contributed by atoms with van der Waals surface area (Å²) in [7, 11) is 1.70. The Morgan fingerprint density at radius 3 is 2.48 bits per heavy atom.